The summed E-state index contributed by atoms with van der Waals surface area (Å²) < 4.78 is 5.95. The predicted molar refractivity (Wildman–Crippen MR) is 80.1 cm³/mol. The lowest BCUT2D eigenvalue weighted by Crippen LogP contribution is -2.19. The molecule has 19 heavy (non-hydrogen) atoms. The van der Waals surface area contributed by atoms with Crippen molar-refractivity contribution in [3.05, 3.63) is 63.6 Å². The quantitative estimate of drug-likeness (QED) is 0.908. The fourth-order valence-electron chi connectivity index (χ4n) is 1.83. The molecule has 2 rings (SSSR count). The molecule has 0 bridgehead atoms. The van der Waals surface area contributed by atoms with Crippen LogP contribution in [0.2, 0.25) is 10.0 Å². The number of aryl methyl sites for hydroxylation is 1. The summed E-state index contributed by atoms with van der Waals surface area (Å²) in [5.74, 6) is 0.725. The highest BCUT2D eigenvalue weighted by Crippen LogP contribution is 2.30. The molecule has 1 atom stereocenters. The molecule has 0 aliphatic heterocycles. The van der Waals surface area contributed by atoms with E-state index >= 15 is 0 Å². The Balaban J connectivity index is 2.29. The topological polar surface area (TPSA) is 35.2 Å². The van der Waals surface area contributed by atoms with E-state index in [4.69, 9.17) is 33.7 Å². The van der Waals surface area contributed by atoms with Crippen molar-refractivity contribution in [1.29, 1.82) is 0 Å². The Morgan fingerprint density at radius 1 is 1.16 bits per heavy atom. The minimum atomic E-state index is -0.286. The van der Waals surface area contributed by atoms with Crippen LogP contribution in [-0.4, -0.2) is 6.54 Å². The average Bonchev–Trinajstić information content (AvgIpc) is 2.41. The molecule has 0 saturated carbocycles. The van der Waals surface area contributed by atoms with Crippen LogP contribution in [0.5, 0.6) is 5.75 Å². The van der Waals surface area contributed by atoms with E-state index in [2.05, 4.69) is 0 Å². The Kier molecular flexibility index (Phi) is 4.70. The first-order valence-corrected chi connectivity index (χ1v) is 6.74. The van der Waals surface area contributed by atoms with E-state index in [1.54, 1.807) is 6.07 Å². The maximum Gasteiger partial charge on any atom is 0.137 e. The normalized spacial score (nSPS) is 12.2. The van der Waals surface area contributed by atoms with E-state index in [0.717, 1.165) is 16.9 Å². The number of nitrogens with two attached hydrogens (primary N) is 1. The zero-order valence-corrected chi connectivity index (χ0v) is 12.1. The molecule has 2 nitrogen and oxygen atoms in total. The molecule has 4 heteroatoms. The molecule has 2 aromatic rings. The van der Waals surface area contributed by atoms with Crippen molar-refractivity contribution in [1.82, 2.24) is 0 Å². The maximum atomic E-state index is 6.17. The number of benzene rings is 2. The standard InChI is InChI=1S/C15H15Cl2NO/c1-10-6-7-11(16)8-14(10)19-15(9-18)12-4-2-3-5-13(12)17/h2-8,15H,9,18H2,1H3. The lowest BCUT2D eigenvalue weighted by Gasteiger charge is -2.20. The SMILES string of the molecule is Cc1ccc(Cl)cc1OC(CN)c1ccccc1Cl. The van der Waals surface area contributed by atoms with Gasteiger partial charge in [-0.3, -0.25) is 0 Å². The molecule has 0 saturated heterocycles. The van der Waals surface area contributed by atoms with Gasteiger partial charge in [0.2, 0.25) is 0 Å². The van der Waals surface area contributed by atoms with Crippen molar-refractivity contribution in [3.8, 4) is 5.75 Å². The molecular weight excluding hydrogens is 281 g/mol. The van der Waals surface area contributed by atoms with Gasteiger partial charge in [0.1, 0.15) is 11.9 Å². The van der Waals surface area contributed by atoms with Gasteiger partial charge in [-0.15, -0.1) is 0 Å². The first-order chi connectivity index (χ1) is 9.11. The van der Waals surface area contributed by atoms with Gasteiger partial charge in [-0.1, -0.05) is 47.5 Å². The first-order valence-electron chi connectivity index (χ1n) is 5.99. The lowest BCUT2D eigenvalue weighted by atomic mass is 10.1. The summed E-state index contributed by atoms with van der Waals surface area (Å²) >= 11 is 12.2. The number of ether oxygens (including phenoxy) is 1. The van der Waals surface area contributed by atoms with Crippen LogP contribution in [0.3, 0.4) is 0 Å². The smallest absolute Gasteiger partial charge is 0.137 e. The number of halogens is 2. The van der Waals surface area contributed by atoms with Crippen molar-refractivity contribution in [2.75, 3.05) is 6.54 Å². The molecule has 100 valence electrons. The molecule has 0 aliphatic rings. The minimum Gasteiger partial charge on any atom is -0.484 e. The van der Waals surface area contributed by atoms with Gasteiger partial charge in [0.15, 0.2) is 0 Å². The van der Waals surface area contributed by atoms with Crippen molar-refractivity contribution in [2.24, 2.45) is 5.73 Å². The van der Waals surface area contributed by atoms with Crippen molar-refractivity contribution in [2.45, 2.75) is 13.0 Å². The average molecular weight is 296 g/mol. The van der Waals surface area contributed by atoms with Crippen LogP contribution in [0, 0.1) is 6.92 Å². The van der Waals surface area contributed by atoms with Gasteiger partial charge in [-0.25, -0.2) is 0 Å². The Morgan fingerprint density at radius 2 is 1.89 bits per heavy atom. The number of hydrogen-bond acceptors (Lipinski definition) is 2. The molecule has 0 amide bonds. The van der Waals surface area contributed by atoms with Crippen LogP contribution in [0.4, 0.5) is 0 Å². The summed E-state index contributed by atoms with van der Waals surface area (Å²) in [6.07, 6.45) is -0.286. The van der Waals surface area contributed by atoms with Gasteiger partial charge < -0.3 is 10.5 Å². The van der Waals surface area contributed by atoms with Gasteiger partial charge in [-0.05, 0) is 30.7 Å². The van der Waals surface area contributed by atoms with Crippen LogP contribution in [-0.2, 0) is 0 Å². The van der Waals surface area contributed by atoms with E-state index in [1.165, 1.54) is 0 Å². The van der Waals surface area contributed by atoms with Crippen molar-refractivity contribution < 1.29 is 4.74 Å². The zero-order valence-electron chi connectivity index (χ0n) is 10.6. The minimum absolute atomic E-state index is 0.286. The second kappa shape index (κ2) is 6.29. The Hall–Kier alpha value is -1.22. The maximum absolute atomic E-state index is 6.17. The fourth-order valence-corrected chi connectivity index (χ4v) is 2.25. The summed E-state index contributed by atoms with van der Waals surface area (Å²) in [5, 5.41) is 1.29. The highest BCUT2D eigenvalue weighted by atomic mass is 35.5. The summed E-state index contributed by atoms with van der Waals surface area (Å²) in [4.78, 5) is 0. The van der Waals surface area contributed by atoms with E-state index in [-0.39, 0.29) is 6.10 Å². The Labute approximate surface area is 123 Å². The van der Waals surface area contributed by atoms with Crippen LogP contribution < -0.4 is 10.5 Å². The number of rotatable bonds is 4. The molecule has 1 unspecified atom stereocenters. The van der Waals surface area contributed by atoms with E-state index in [0.29, 0.717) is 16.6 Å². The van der Waals surface area contributed by atoms with Crippen LogP contribution >= 0.6 is 23.2 Å². The molecule has 0 aliphatic carbocycles. The highest BCUT2D eigenvalue weighted by molar-refractivity contribution is 6.31. The number of hydrogen-bond donors (Lipinski definition) is 1. The lowest BCUT2D eigenvalue weighted by molar-refractivity contribution is 0.213. The Morgan fingerprint density at radius 3 is 2.58 bits per heavy atom. The zero-order chi connectivity index (χ0) is 13.8. The van der Waals surface area contributed by atoms with Crippen LogP contribution in [0.25, 0.3) is 0 Å². The van der Waals surface area contributed by atoms with E-state index in [1.807, 2.05) is 43.3 Å². The van der Waals surface area contributed by atoms with Crippen LogP contribution in [0.1, 0.15) is 17.2 Å². The fraction of sp³-hybridized carbons (Fsp3) is 0.200. The molecule has 0 aromatic heterocycles. The van der Waals surface area contributed by atoms with Gasteiger partial charge in [-0.2, -0.15) is 0 Å². The van der Waals surface area contributed by atoms with Crippen molar-refractivity contribution in [3.63, 3.8) is 0 Å². The summed E-state index contributed by atoms with van der Waals surface area (Å²) in [7, 11) is 0. The third-order valence-electron chi connectivity index (χ3n) is 2.89. The molecule has 0 fully saturated rings. The largest absolute Gasteiger partial charge is 0.484 e. The molecule has 2 N–H and O–H groups in total. The van der Waals surface area contributed by atoms with Gasteiger partial charge in [0.05, 0.1) is 0 Å². The van der Waals surface area contributed by atoms with Crippen LogP contribution in [0.15, 0.2) is 42.5 Å². The third kappa shape index (κ3) is 3.41. The second-order valence-corrected chi connectivity index (χ2v) is 5.12. The molecule has 0 spiro atoms. The second-order valence-electron chi connectivity index (χ2n) is 4.27. The summed E-state index contributed by atoms with van der Waals surface area (Å²) in [6, 6.07) is 13.1. The predicted octanol–water partition coefficient (Wildman–Crippen LogP) is 4.38. The van der Waals surface area contributed by atoms with Gasteiger partial charge in [0, 0.05) is 22.2 Å². The molecular formula is C15H15Cl2NO. The van der Waals surface area contributed by atoms with Gasteiger partial charge in [0.25, 0.3) is 0 Å². The monoisotopic (exact) mass is 295 g/mol. The first kappa shape index (κ1) is 14.2. The van der Waals surface area contributed by atoms with Gasteiger partial charge >= 0.3 is 0 Å². The van der Waals surface area contributed by atoms with E-state index < -0.39 is 0 Å². The molecule has 0 radical (unpaired) electrons. The highest BCUT2D eigenvalue weighted by Gasteiger charge is 2.15. The molecule has 0 heterocycles. The summed E-state index contributed by atoms with van der Waals surface area (Å²) in [6.45, 7) is 2.31. The Bertz CT molecular complexity index is 572. The summed E-state index contributed by atoms with van der Waals surface area (Å²) in [5.41, 5.74) is 7.68. The third-order valence-corrected chi connectivity index (χ3v) is 3.46. The van der Waals surface area contributed by atoms with Crippen molar-refractivity contribution >= 4 is 23.2 Å². The molecule has 2 aromatic carbocycles. The van der Waals surface area contributed by atoms with E-state index in [9.17, 15) is 0 Å².